The molecule has 4 nitrogen and oxygen atoms in total. The molecule has 3 aromatic rings. The van der Waals surface area contributed by atoms with Gasteiger partial charge in [-0.15, -0.1) is 0 Å². The summed E-state index contributed by atoms with van der Waals surface area (Å²) in [6, 6.07) is 25.8. The quantitative estimate of drug-likeness (QED) is 0.478. The van der Waals surface area contributed by atoms with Crippen molar-refractivity contribution in [2.24, 2.45) is 0 Å². The van der Waals surface area contributed by atoms with E-state index in [2.05, 4.69) is 5.32 Å². The van der Waals surface area contributed by atoms with Crippen molar-refractivity contribution in [1.29, 1.82) is 0 Å². The summed E-state index contributed by atoms with van der Waals surface area (Å²) in [7, 11) is 0.715. The van der Waals surface area contributed by atoms with Crippen LogP contribution in [0.4, 0.5) is 11.4 Å². The van der Waals surface area contributed by atoms with Crippen LogP contribution in [0.2, 0.25) is 0 Å². The molecule has 0 saturated heterocycles. The smallest absolute Gasteiger partial charge is 0.258 e. The van der Waals surface area contributed by atoms with Crippen molar-refractivity contribution in [2.45, 2.75) is 19.6 Å². The van der Waals surface area contributed by atoms with E-state index in [0.717, 1.165) is 22.5 Å². The second-order valence-electron chi connectivity index (χ2n) is 7.25. The average molecular weight is 408 g/mol. The Hall–Kier alpha value is -2.55. The van der Waals surface area contributed by atoms with Gasteiger partial charge in [0.2, 0.25) is 0 Å². The van der Waals surface area contributed by atoms with Crippen molar-refractivity contribution < 1.29 is 9.09 Å². The number of para-hydroxylation sites is 1. The standard InChI is InChI=1S/C24H29N2O2P/c1-5-28-29(27,23-17-15-22(16-18-23)26(3)4)24(20-13-11-19(2)12-14-20)25-21-9-7-6-8-10-21/h6-18,24-25H,5H2,1-4H3/t24-,29+/m1/s1. The zero-order valence-corrected chi connectivity index (χ0v) is 18.4. The van der Waals surface area contributed by atoms with Crippen LogP contribution < -0.4 is 15.5 Å². The second kappa shape index (κ2) is 9.30. The lowest BCUT2D eigenvalue weighted by molar-refractivity contribution is 0.335. The molecule has 0 saturated carbocycles. The van der Waals surface area contributed by atoms with Gasteiger partial charge >= 0.3 is 0 Å². The lowest BCUT2D eigenvalue weighted by atomic mass is 10.1. The van der Waals surface area contributed by atoms with Gasteiger partial charge in [-0.2, -0.15) is 0 Å². The number of nitrogens with zero attached hydrogens (tertiary/aromatic N) is 1. The third-order valence-corrected chi connectivity index (χ3v) is 7.62. The van der Waals surface area contributed by atoms with Gasteiger partial charge < -0.3 is 14.7 Å². The number of hydrogen-bond donors (Lipinski definition) is 1. The van der Waals surface area contributed by atoms with E-state index >= 15 is 0 Å². The van der Waals surface area contributed by atoms with Crippen LogP contribution in [0.3, 0.4) is 0 Å². The van der Waals surface area contributed by atoms with Crippen LogP contribution >= 0.6 is 7.37 Å². The molecule has 0 spiro atoms. The molecule has 2 atom stereocenters. The summed E-state index contributed by atoms with van der Waals surface area (Å²) < 4.78 is 20.4. The van der Waals surface area contributed by atoms with Crippen molar-refractivity contribution in [3.63, 3.8) is 0 Å². The lowest BCUT2D eigenvalue weighted by Crippen LogP contribution is -2.21. The van der Waals surface area contributed by atoms with Crippen molar-refractivity contribution in [3.8, 4) is 0 Å². The number of anilines is 2. The first-order chi connectivity index (χ1) is 13.9. The molecule has 0 aliphatic carbocycles. The zero-order chi connectivity index (χ0) is 20.9. The Morgan fingerprint density at radius 3 is 2.10 bits per heavy atom. The monoisotopic (exact) mass is 408 g/mol. The largest absolute Gasteiger partial charge is 0.378 e. The van der Waals surface area contributed by atoms with Crippen LogP contribution in [0.25, 0.3) is 0 Å². The summed E-state index contributed by atoms with van der Waals surface area (Å²) in [6.45, 7) is 4.30. The fourth-order valence-electron chi connectivity index (χ4n) is 3.25. The minimum Gasteiger partial charge on any atom is -0.378 e. The van der Waals surface area contributed by atoms with E-state index in [1.807, 2.05) is 112 Å². The Bertz CT molecular complexity index is 954. The van der Waals surface area contributed by atoms with E-state index in [1.165, 1.54) is 0 Å². The second-order valence-corrected chi connectivity index (χ2v) is 9.73. The molecule has 3 rings (SSSR count). The van der Waals surface area contributed by atoms with Crippen LogP contribution in [0, 0.1) is 6.92 Å². The molecule has 0 aliphatic heterocycles. The van der Waals surface area contributed by atoms with E-state index in [-0.39, 0.29) is 0 Å². The van der Waals surface area contributed by atoms with E-state index in [0.29, 0.717) is 11.9 Å². The number of nitrogens with one attached hydrogen (secondary N) is 1. The molecule has 0 aliphatic rings. The van der Waals surface area contributed by atoms with Gasteiger partial charge in [0.05, 0.1) is 6.61 Å². The van der Waals surface area contributed by atoms with E-state index in [9.17, 15) is 4.57 Å². The lowest BCUT2D eigenvalue weighted by Gasteiger charge is -2.30. The van der Waals surface area contributed by atoms with Gasteiger partial charge in [-0.25, -0.2) is 0 Å². The summed E-state index contributed by atoms with van der Waals surface area (Å²) in [5, 5.41) is 4.18. The number of rotatable bonds is 8. The van der Waals surface area contributed by atoms with Crippen LogP contribution in [0.15, 0.2) is 78.9 Å². The van der Waals surface area contributed by atoms with Gasteiger partial charge in [-0.1, -0.05) is 48.0 Å². The molecule has 0 amide bonds. The highest BCUT2D eigenvalue weighted by Gasteiger charge is 2.37. The van der Waals surface area contributed by atoms with E-state index < -0.39 is 13.2 Å². The molecule has 0 aromatic heterocycles. The van der Waals surface area contributed by atoms with Crippen LogP contribution in [0.1, 0.15) is 23.8 Å². The Labute approximate surface area is 174 Å². The maximum atomic E-state index is 14.4. The summed E-state index contributed by atoms with van der Waals surface area (Å²) >= 11 is 0. The highest BCUT2D eigenvalue weighted by atomic mass is 31.2. The third kappa shape index (κ3) is 4.90. The molecule has 152 valence electrons. The summed E-state index contributed by atoms with van der Waals surface area (Å²) in [6.07, 6.45) is 0. The molecule has 29 heavy (non-hydrogen) atoms. The fourth-order valence-corrected chi connectivity index (χ4v) is 5.68. The Kier molecular flexibility index (Phi) is 6.79. The van der Waals surface area contributed by atoms with Crippen LogP contribution in [-0.4, -0.2) is 20.7 Å². The minimum absolute atomic E-state index is 0.367. The molecule has 0 bridgehead atoms. The number of aryl methyl sites for hydroxylation is 1. The summed E-state index contributed by atoms with van der Waals surface area (Å²) in [5.41, 5.74) is 4.06. The van der Waals surface area contributed by atoms with Gasteiger partial charge in [0, 0.05) is 30.8 Å². The molecule has 0 fully saturated rings. The molecule has 0 unspecified atom stereocenters. The van der Waals surface area contributed by atoms with Crippen molar-refractivity contribution in [1.82, 2.24) is 0 Å². The molecular formula is C24H29N2O2P. The van der Waals surface area contributed by atoms with Crippen molar-refractivity contribution >= 4 is 24.0 Å². The fraction of sp³-hybridized carbons (Fsp3) is 0.250. The Morgan fingerprint density at radius 2 is 1.55 bits per heavy atom. The zero-order valence-electron chi connectivity index (χ0n) is 17.5. The van der Waals surface area contributed by atoms with Gasteiger partial charge in [-0.05, 0) is 55.8 Å². The average Bonchev–Trinajstić information content (AvgIpc) is 2.74. The molecule has 0 radical (unpaired) electrons. The number of hydrogen-bond acceptors (Lipinski definition) is 4. The summed E-state index contributed by atoms with van der Waals surface area (Å²) in [4.78, 5) is 2.02. The third-order valence-electron chi connectivity index (χ3n) is 4.86. The van der Waals surface area contributed by atoms with Crippen molar-refractivity contribution in [3.05, 3.63) is 90.0 Å². The SMILES string of the molecule is CCO[P@@](=O)(c1ccc(N(C)C)cc1)[C@@H](Nc1ccccc1)c1ccc(C)cc1. The Morgan fingerprint density at radius 1 is 0.931 bits per heavy atom. The van der Waals surface area contributed by atoms with Crippen LogP contribution in [-0.2, 0) is 9.09 Å². The first kappa shape index (κ1) is 21.2. The Balaban J connectivity index is 2.09. The van der Waals surface area contributed by atoms with Crippen molar-refractivity contribution in [2.75, 3.05) is 30.9 Å². The predicted octanol–water partition coefficient (Wildman–Crippen LogP) is 5.81. The molecule has 3 aromatic carbocycles. The number of benzene rings is 3. The first-order valence-corrected chi connectivity index (χ1v) is 11.5. The molecule has 0 heterocycles. The molecular weight excluding hydrogens is 379 g/mol. The topological polar surface area (TPSA) is 41.6 Å². The predicted molar refractivity (Wildman–Crippen MR) is 124 cm³/mol. The minimum atomic E-state index is -3.26. The van der Waals surface area contributed by atoms with E-state index in [4.69, 9.17) is 4.52 Å². The molecule has 1 N–H and O–H groups in total. The maximum Gasteiger partial charge on any atom is 0.258 e. The van der Waals surface area contributed by atoms with Gasteiger partial charge in [0.15, 0.2) is 0 Å². The van der Waals surface area contributed by atoms with Gasteiger partial charge in [0.25, 0.3) is 7.37 Å². The maximum absolute atomic E-state index is 14.4. The normalized spacial score (nSPS) is 14.1. The first-order valence-electron chi connectivity index (χ1n) is 9.84. The highest BCUT2D eigenvalue weighted by Crippen LogP contribution is 2.59. The molecule has 5 heteroatoms. The van der Waals surface area contributed by atoms with E-state index in [1.54, 1.807) is 0 Å². The van der Waals surface area contributed by atoms with Gasteiger partial charge in [-0.3, -0.25) is 4.57 Å². The summed E-state index contributed by atoms with van der Waals surface area (Å²) in [5.74, 6) is -0.490. The van der Waals surface area contributed by atoms with Gasteiger partial charge in [0.1, 0.15) is 5.78 Å². The van der Waals surface area contributed by atoms with Crippen LogP contribution in [0.5, 0.6) is 0 Å². The highest BCUT2D eigenvalue weighted by molar-refractivity contribution is 7.67.